The first-order valence-corrected chi connectivity index (χ1v) is 11.4. The molecule has 0 aliphatic heterocycles. The number of nitrogens with zero attached hydrogens (tertiary/aromatic N) is 1. The Bertz CT molecular complexity index is 844. The molecule has 1 aliphatic carbocycles. The molecular weight excluding hydrogens is 386 g/mol. The lowest BCUT2D eigenvalue weighted by molar-refractivity contribution is -0.108. The van der Waals surface area contributed by atoms with E-state index >= 15 is 0 Å². The Hall–Kier alpha value is -2.88. The standard InChI is InChI=1S/C27H33NO3/c1-2-3-4-5-6-7-8-13-18-28(19-20-29)27(30)31-21-26-24-16-11-9-14-22(24)23-15-10-12-17-25(23)26/h6-7,9-12,14-17,20,26H,2-5,8,13,18-19,21H2,1H3. The number of benzene rings is 2. The molecule has 0 N–H and O–H groups in total. The molecule has 3 rings (SSSR count). The lowest BCUT2D eigenvalue weighted by atomic mass is 9.98. The number of aldehydes is 1. The van der Waals surface area contributed by atoms with Crippen LogP contribution in [0.1, 0.15) is 62.5 Å². The first-order valence-electron chi connectivity index (χ1n) is 11.4. The van der Waals surface area contributed by atoms with Crippen molar-refractivity contribution in [3.05, 3.63) is 71.8 Å². The van der Waals surface area contributed by atoms with E-state index < -0.39 is 6.09 Å². The second kappa shape index (κ2) is 12.1. The van der Waals surface area contributed by atoms with Gasteiger partial charge in [-0.25, -0.2) is 4.79 Å². The number of hydrogen-bond donors (Lipinski definition) is 0. The average molecular weight is 420 g/mol. The molecule has 0 spiro atoms. The third-order valence-corrected chi connectivity index (χ3v) is 5.83. The van der Waals surface area contributed by atoms with Crippen LogP contribution in [0.2, 0.25) is 0 Å². The Kier molecular flexibility index (Phi) is 8.89. The molecule has 0 saturated heterocycles. The molecule has 164 valence electrons. The van der Waals surface area contributed by atoms with E-state index in [4.69, 9.17) is 4.74 Å². The van der Waals surface area contributed by atoms with Gasteiger partial charge in [0, 0.05) is 12.5 Å². The van der Waals surface area contributed by atoms with Crippen LogP contribution in [0.4, 0.5) is 4.79 Å². The minimum Gasteiger partial charge on any atom is -0.448 e. The molecular formula is C27H33NO3. The highest BCUT2D eigenvalue weighted by Crippen LogP contribution is 2.44. The number of fused-ring (bicyclic) bond motifs is 3. The minimum absolute atomic E-state index is 0.0282. The molecule has 2 aromatic carbocycles. The van der Waals surface area contributed by atoms with Crippen LogP contribution in [-0.4, -0.2) is 37.0 Å². The van der Waals surface area contributed by atoms with E-state index in [0.717, 1.165) is 25.5 Å². The van der Waals surface area contributed by atoms with Crippen molar-refractivity contribution >= 4 is 12.4 Å². The number of ether oxygens (including phenoxy) is 1. The quantitative estimate of drug-likeness (QED) is 0.229. The van der Waals surface area contributed by atoms with E-state index in [0.29, 0.717) is 6.54 Å². The minimum atomic E-state index is -0.416. The molecule has 0 radical (unpaired) electrons. The summed E-state index contributed by atoms with van der Waals surface area (Å²) >= 11 is 0. The van der Waals surface area contributed by atoms with Gasteiger partial charge in [-0.05, 0) is 47.9 Å². The van der Waals surface area contributed by atoms with Crippen molar-refractivity contribution in [1.82, 2.24) is 4.90 Å². The molecule has 2 aromatic rings. The topological polar surface area (TPSA) is 46.6 Å². The molecule has 31 heavy (non-hydrogen) atoms. The summed E-state index contributed by atoms with van der Waals surface area (Å²) in [5.74, 6) is 0.0282. The summed E-state index contributed by atoms with van der Waals surface area (Å²) in [6.45, 7) is 3.07. The van der Waals surface area contributed by atoms with Crippen molar-refractivity contribution in [3.8, 4) is 11.1 Å². The third kappa shape index (κ3) is 6.06. The summed E-state index contributed by atoms with van der Waals surface area (Å²) in [5.41, 5.74) is 4.78. The van der Waals surface area contributed by atoms with Crippen LogP contribution < -0.4 is 0 Å². The summed E-state index contributed by atoms with van der Waals surface area (Å²) in [4.78, 5) is 25.3. The van der Waals surface area contributed by atoms with Gasteiger partial charge in [-0.1, -0.05) is 80.4 Å². The number of amides is 1. The highest BCUT2D eigenvalue weighted by molar-refractivity contribution is 5.79. The second-order valence-electron chi connectivity index (χ2n) is 8.03. The summed E-state index contributed by atoms with van der Waals surface area (Å²) in [6.07, 6.45) is 11.3. The molecule has 0 unspecified atom stereocenters. The molecule has 0 heterocycles. The second-order valence-corrected chi connectivity index (χ2v) is 8.03. The zero-order valence-corrected chi connectivity index (χ0v) is 18.5. The first kappa shape index (κ1) is 22.8. The van der Waals surface area contributed by atoms with E-state index in [9.17, 15) is 9.59 Å². The average Bonchev–Trinajstić information content (AvgIpc) is 3.12. The summed E-state index contributed by atoms with van der Waals surface area (Å²) in [7, 11) is 0. The molecule has 0 aromatic heterocycles. The van der Waals surface area contributed by atoms with Crippen molar-refractivity contribution < 1.29 is 14.3 Å². The van der Waals surface area contributed by atoms with Gasteiger partial charge in [0.15, 0.2) is 0 Å². The highest BCUT2D eigenvalue weighted by Gasteiger charge is 2.29. The van der Waals surface area contributed by atoms with Crippen molar-refractivity contribution in [3.63, 3.8) is 0 Å². The Balaban J connectivity index is 1.53. The third-order valence-electron chi connectivity index (χ3n) is 5.83. The predicted octanol–water partition coefficient (Wildman–Crippen LogP) is 6.35. The van der Waals surface area contributed by atoms with Crippen LogP contribution in [0.3, 0.4) is 0 Å². The van der Waals surface area contributed by atoms with Crippen LogP contribution in [0, 0.1) is 0 Å². The Labute approximate surface area is 185 Å². The number of carbonyl (C=O) groups is 2. The maximum atomic E-state index is 12.7. The molecule has 0 bridgehead atoms. The van der Waals surface area contributed by atoms with Crippen molar-refractivity contribution in [1.29, 1.82) is 0 Å². The fourth-order valence-electron chi connectivity index (χ4n) is 4.18. The lowest BCUT2D eigenvalue weighted by Crippen LogP contribution is -2.34. The fraction of sp³-hybridized carbons (Fsp3) is 0.407. The van der Waals surface area contributed by atoms with Gasteiger partial charge in [0.05, 0.1) is 6.54 Å². The Morgan fingerprint density at radius 3 is 2.16 bits per heavy atom. The molecule has 0 fully saturated rings. The van der Waals surface area contributed by atoms with Gasteiger partial charge in [-0.3, -0.25) is 0 Å². The van der Waals surface area contributed by atoms with Gasteiger partial charge < -0.3 is 14.4 Å². The van der Waals surface area contributed by atoms with Gasteiger partial charge in [-0.2, -0.15) is 0 Å². The number of hydrogen-bond acceptors (Lipinski definition) is 3. The van der Waals surface area contributed by atoms with Crippen molar-refractivity contribution in [2.24, 2.45) is 0 Å². The van der Waals surface area contributed by atoms with Gasteiger partial charge in [0.1, 0.15) is 12.9 Å². The van der Waals surface area contributed by atoms with Gasteiger partial charge in [0.25, 0.3) is 0 Å². The van der Waals surface area contributed by atoms with Crippen LogP contribution in [0.25, 0.3) is 11.1 Å². The van der Waals surface area contributed by atoms with Gasteiger partial charge in [0.2, 0.25) is 0 Å². The number of rotatable bonds is 12. The molecule has 0 saturated carbocycles. The summed E-state index contributed by atoms with van der Waals surface area (Å²) in [5, 5.41) is 0. The van der Waals surface area contributed by atoms with Crippen molar-refractivity contribution in [2.45, 2.75) is 51.4 Å². The number of allylic oxidation sites excluding steroid dienone is 2. The highest BCUT2D eigenvalue weighted by atomic mass is 16.6. The molecule has 4 heteroatoms. The zero-order chi connectivity index (χ0) is 21.9. The Morgan fingerprint density at radius 2 is 1.55 bits per heavy atom. The first-order chi connectivity index (χ1) is 15.3. The molecule has 1 aliphatic rings. The van der Waals surface area contributed by atoms with Crippen LogP contribution in [0.15, 0.2) is 60.7 Å². The SMILES string of the molecule is CCCCCC=CCCCN(CC=O)C(=O)OCC1c2ccccc2-c2ccccc21. The number of carbonyl (C=O) groups excluding carboxylic acids is 2. The summed E-state index contributed by atoms with van der Waals surface area (Å²) in [6, 6.07) is 16.5. The maximum absolute atomic E-state index is 12.7. The van der Waals surface area contributed by atoms with E-state index in [1.165, 1.54) is 46.4 Å². The van der Waals surface area contributed by atoms with Gasteiger partial charge >= 0.3 is 6.09 Å². The van der Waals surface area contributed by atoms with E-state index in [2.05, 4.69) is 43.3 Å². The molecule has 0 atom stereocenters. The smallest absolute Gasteiger partial charge is 0.410 e. The Morgan fingerprint density at radius 1 is 0.935 bits per heavy atom. The van der Waals surface area contributed by atoms with E-state index in [1.54, 1.807) is 0 Å². The summed E-state index contributed by atoms with van der Waals surface area (Å²) < 4.78 is 5.69. The maximum Gasteiger partial charge on any atom is 0.410 e. The van der Waals surface area contributed by atoms with Gasteiger partial charge in [-0.15, -0.1) is 0 Å². The largest absolute Gasteiger partial charge is 0.448 e. The predicted molar refractivity (Wildman–Crippen MR) is 125 cm³/mol. The number of unbranched alkanes of at least 4 members (excludes halogenated alkanes) is 4. The van der Waals surface area contributed by atoms with E-state index in [-0.39, 0.29) is 19.1 Å². The normalized spacial score (nSPS) is 12.5. The van der Waals surface area contributed by atoms with Crippen molar-refractivity contribution in [2.75, 3.05) is 19.7 Å². The monoisotopic (exact) mass is 419 g/mol. The lowest BCUT2D eigenvalue weighted by Gasteiger charge is -2.21. The fourth-order valence-corrected chi connectivity index (χ4v) is 4.18. The van der Waals surface area contributed by atoms with Crippen LogP contribution in [-0.2, 0) is 9.53 Å². The van der Waals surface area contributed by atoms with Crippen LogP contribution >= 0.6 is 0 Å². The van der Waals surface area contributed by atoms with Crippen LogP contribution in [0.5, 0.6) is 0 Å². The zero-order valence-electron chi connectivity index (χ0n) is 18.5. The van der Waals surface area contributed by atoms with E-state index in [1.807, 2.05) is 24.3 Å². The molecule has 4 nitrogen and oxygen atoms in total. The molecule has 1 amide bonds.